The predicted octanol–water partition coefficient (Wildman–Crippen LogP) is -2.60. The zero-order chi connectivity index (χ0) is 20.1. The van der Waals surface area contributed by atoms with Gasteiger partial charge in [0, 0.05) is 13.3 Å². The number of rotatable bonds is 7. The van der Waals surface area contributed by atoms with Crippen LogP contribution >= 0.6 is 0 Å². The van der Waals surface area contributed by atoms with Crippen molar-refractivity contribution >= 4 is 11.8 Å². The molecule has 27 heavy (non-hydrogen) atoms. The number of hydrogen-bond acceptors (Lipinski definition) is 8. The van der Waals surface area contributed by atoms with Gasteiger partial charge in [0.15, 0.2) is 0 Å². The van der Waals surface area contributed by atoms with Crippen molar-refractivity contribution in [2.24, 2.45) is 5.73 Å². The lowest BCUT2D eigenvalue weighted by Gasteiger charge is -2.39. The molecule has 1 aliphatic rings. The Bertz CT molecular complexity index is 651. The summed E-state index contributed by atoms with van der Waals surface area (Å²) in [6.45, 7) is 0.731. The zero-order valence-electron chi connectivity index (χ0n) is 14.7. The van der Waals surface area contributed by atoms with Crippen LogP contribution in [-0.2, 0) is 20.7 Å². The standard InChI is InChI=1S/C17H24N2O8/c1-8(21)19-11(16(18)25)6-9-2-4-10(5-3-9)26-17-15(24)14(23)13(22)12(7-20)27-17/h2-5,11-15,17,20,22-24H,6-7H2,1H3,(H2,18,25)(H,19,21)/t11-,12+,13+,14-,15+,17+/m0/s1. The molecule has 1 heterocycles. The summed E-state index contributed by atoms with van der Waals surface area (Å²) in [6, 6.07) is 5.51. The lowest BCUT2D eigenvalue weighted by atomic mass is 9.99. The van der Waals surface area contributed by atoms with Crippen molar-refractivity contribution in [1.29, 1.82) is 0 Å². The van der Waals surface area contributed by atoms with Crippen LogP contribution in [0.15, 0.2) is 24.3 Å². The number of aliphatic hydroxyl groups excluding tert-OH is 4. The summed E-state index contributed by atoms with van der Waals surface area (Å²) in [5.74, 6) is -0.744. The fraction of sp³-hybridized carbons (Fsp3) is 0.529. The molecule has 1 aliphatic heterocycles. The van der Waals surface area contributed by atoms with E-state index in [0.29, 0.717) is 11.3 Å². The van der Waals surface area contributed by atoms with E-state index in [-0.39, 0.29) is 12.3 Å². The van der Waals surface area contributed by atoms with Gasteiger partial charge in [-0.25, -0.2) is 0 Å². The van der Waals surface area contributed by atoms with Crippen molar-refractivity contribution in [1.82, 2.24) is 5.32 Å². The fourth-order valence-electron chi connectivity index (χ4n) is 2.71. The predicted molar refractivity (Wildman–Crippen MR) is 91.3 cm³/mol. The fourth-order valence-corrected chi connectivity index (χ4v) is 2.71. The van der Waals surface area contributed by atoms with Crippen molar-refractivity contribution in [3.63, 3.8) is 0 Å². The maximum absolute atomic E-state index is 11.4. The molecule has 0 aliphatic carbocycles. The minimum absolute atomic E-state index is 0.190. The first kappa shape index (κ1) is 21.1. The quantitative estimate of drug-likeness (QED) is 0.297. The molecule has 0 bridgehead atoms. The van der Waals surface area contributed by atoms with Crippen molar-refractivity contribution in [3.8, 4) is 5.75 Å². The Kier molecular flexibility index (Phi) is 7.11. The van der Waals surface area contributed by atoms with Crippen molar-refractivity contribution in [3.05, 3.63) is 29.8 Å². The molecule has 10 nitrogen and oxygen atoms in total. The highest BCUT2D eigenvalue weighted by Crippen LogP contribution is 2.24. The molecule has 0 radical (unpaired) electrons. The number of benzene rings is 1. The normalized spacial score (nSPS) is 29.0. The lowest BCUT2D eigenvalue weighted by molar-refractivity contribution is -0.277. The number of amides is 2. The molecule has 0 unspecified atom stereocenters. The minimum atomic E-state index is -1.53. The van der Waals surface area contributed by atoms with E-state index in [9.17, 15) is 30.0 Å². The molecule has 7 N–H and O–H groups in total. The summed E-state index contributed by atoms with van der Waals surface area (Å²) in [5, 5.41) is 41.1. The van der Waals surface area contributed by atoms with Gasteiger partial charge in [0.2, 0.25) is 18.1 Å². The third-order valence-corrected chi connectivity index (χ3v) is 4.18. The molecule has 150 valence electrons. The number of nitrogens with two attached hydrogens (primary N) is 1. The number of carbonyl (C=O) groups excluding carboxylic acids is 2. The summed E-state index contributed by atoms with van der Waals surface area (Å²) in [5.41, 5.74) is 5.97. The summed E-state index contributed by atoms with van der Waals surface area (Å²) in [4.78, 5) is 22.5. The maximum Gasteiger partial charge on any atom is 0.240 e. The van der Waals surface area contributed by atoms with Gasteiger partial charge in [0.25, 0.3) is 0 Å². The number of primary amides is 1. The molecular formula is C17H24N2O8. The van der Waals surface area contributed by atoms with Gasteiger partial charge >= 0.3 is 0 Å². The average Bonchev–Trinajstić information content (AvgIpc) is 2.62. The van der Waals surface area contributed by atoms with Crippen LogP contribution in [-0.4, -0.2) is 75.6 Å². The van der Waals surface area contributed by atoms with Crippen LogP contribution in [0.5, 0.6) is 5.75 Å². The highest BCUT2D eigenvalue weighted by Gasteiger charge is 2.44. The van der Waals surface area contributed by atoms with Gasteiger partial charge in [-0.05, 0) is 17.7 Å². The number of hydrogen-bond donors (Lipinski definition) is 6. The number of ether oxygens (including phenoxy) is 2. The molecule has 0 aromatic heterocycles. The van der Waals surface area contributed by atoms with Crippen LogP contribution in [0.25, 0.3) is 0 Å². The van der Waals surface area contributed by atoms with Crippen LogP contribution < -0.4 is 15.8 Å². The van der Waals surface area contributed by atoms with Gasteiger partial charge in [-0.1, -0.05) is 12.1 Å². The van der Waals surface area contributed by atoms with E-state index >= 15 is 0 Å². The Morgan fingerprint density at radius 1 is 1.19 bits per heavy atom. The van der Waals surface area contributed by atoms with Crippen molar-refractivity contribution in [2.45, 2.75) is 50.1 Å². The second kappa shape index (κ2) is 9.11. The molecule has 0 spiro atoms. The van der Waals surface area contributed by atoms with E-state index in [1.54, 1.807) is 24.3 Å². The maximum atomic E-state index is 11.4. The largest absolute Gasteiger partial charge is 0.462 e. The molecular weight excluding hydrogens is 360 g/mol. The van der Waals surface area contributed by atoms with Gasteiger partial charge in [-0.3, -0.25) is 9.59 Å². The minimum Gasteiger partial charge on any atom is -0.462 e. The van der Waals surface area contributed by atoms with Crippen LogP contribution in [0.2, 0.25) is 0 Å². The Hall–Kier alpha value is -2.24. The SMILES string of the molecule is CC(=O)N[C@@H](Cc1ccc(O[C@@H]2O[C@H](CO)[C@@H](O)[C@H](O)[C@H]2O)cc1)C(N)=O. The van der Waals surface area contributed by atoms with Crippen LogP contribution in [0.4, 0.5) is 0 Å². The van der Waals surface area contributed by atoms with Crippen molar-refractivity contribution < 1.29 is 39.5 Å². The van der Waals surface area contributed by atoms with Gasteiger partial charge in [0.1, 0.15) is 36.2 Å². The van der Waals surface area contributed by atoms with Gasteiger partial charge in [-0.15, -0.1) is 0 Å². The monoisotopic (exact) mass is 384 g/mol. The molecule has 2 rings (SSSR count). The van der Waals surface area contributed by atoms with Crippen LogP contribution in [0.3, 0.4) is 0 Å². The van der Waals surface area contributed by atoms with E-state index in [0.717, 1.165) is 0 Å². The van der Waals surface area contributed by atoms with Gasteiger partial charge in [-0.2, -0.15) is 0 Å². The third-order valence-electron chi connectivity index (χ3n) is 4.18. The second-order valence-electron chi connectivity index (χ2n) is 6.32. The smallest absolute Gasteiger partial charge is 0.240 e. The van der Waals surface area contributed by atoms with E-state index in [2.05, 4.69) is 5.32 Å². The first-order chi connectivity index (χ1) is 12.7. The number of aliphatic hydroxyl groups is 4. The Balaban J connectivity index is 2.02. The third kappa shape index (κ3) is 5.37. The Morgan fingerprint density at radius 2 is 1.81 bits per heavy atom. The summed E-state index contributed by atoms with van der Waals surface area (Å²) >= 11 is 0. The molecule has 1 aromatic rings. The van der Waals surface area contributed by atoms with Gasteiger partial charge < -0.3 is 41.0 Å². The summed E-state index contributed by atoms with van der Waals surface area (Å²) in [7, 11) is 0. The highest BCUT2D eigenvalue weighted by molar-refractivity contribution is 5.85. The van der Waals surface area contributed by atoms with Crippen LogP contribution in [0.1, 0.15) is 12.5 Å². The van der Waals surface area contributed by atoms with Gasteiger partial charge in [0.05, 0.1) is 6.61 Å². The lowest BCUT2D eigenvalue weighted by Crippen LogP contribution is -2.60. The Morgan fingerprint density at radius 3 is 2.33 bits per heavy atom. The number of carbonyl (C=O) groups is 2. The highest BCUT2D eigenvalue weighted by atomic mass is 16.7. The average molecular weight is 384 g/mol. The van der Waals surface area contributed by atoms with E-state index in [4.69, 9.17) is 15.2 Å². The number of nitrogens with one attached hydrogen (secondary N) is 1. The topological polar surface area (TPSA) is 172 Å². The first-order valence-corrected chi connectivity index (χ1v) is 8.35. The molecule has 10 heteroatoms. The van der Waals surface area contributed by atoms with E-state index in [1.807, 2.05) is 0 Å². The summed E-state index contributed by atoms with van der Waals surface area (Å²) < 4.78 is 10.7. The molecule has 2 amide bonds. The zero-order valence-corrected chi connectivity index (χ0v) is 14.7. The van der Waals surface area contributed by atoms with E-state index in [1.165, 1.54) is 6.92 Å². The van der Waals surface area contributed by atoms with E-state index < -0.39 is 49.3 Å². The Labute approximate surface area is 155 Å². The van der Waals surface area contributed by atoms with Crippen molar-refractivity contribution in [2.75, 3.05) is 6.61 Å². The summed E-state index contributed by atoms with van der Waals surface area (Å²) in [6.07, 6.45) is -6.68. The second-order valence-corrected chi connectivity index (χ2v) is 6.32. The molecule has 1 fully saturated rings. The molecule has 6 atom stereocenters. The molecule has 0 saturated carbocycles. The van der Waals surface area contributed by atoms with Crippen LogP contribution in [0, 0.1) is 0 Å². The first-order valence-electron chi connectivity index (χ1n) is 8.35. The molecule has 1 aromatic carbocycles. The molecule has 1 saturated heterocycles.